The van der Waals surface area contributed by atoms with E-state index >= 15 is 0 Å². The smallest absolute Gasteiger partial charge is 0.148 e. The molecule has 116 valence electrons. The summed E-state index contributed by atoms with van der Waals surface area (Å²) >= 11 is 0. The van der Waals surface area contributed by atoms with Crippen molar-refractivity contribution in [1.82, 2.24) is 10.2 Å². The third-order valence-corrected chi connectivity index (χ3v) is 3.99. The number of nitrogens with one attached hydrogen (secondary N) is 1. The third-order valence-electron chi connectivity index (χ3n) is 3.99. The van der Waals surface area contributed by atoms with Crippen LogP contribution in [0, 0.1) is 0 Å². The molecule has 0 spiro atoms. The van der Waals surface area contributed by atoms with Gasteiger partial charge in [-0.15, -0.1) is 10.2 Å². The molecule has 5 nitrogen and oxygen atoms in total. The van der Waals surface area contributed by atoms with E-state index < -0.39 is 0 Å². The number of ether oxygens (including phenoxy) is 2. The Balaban J connectivity index is 1.70. The molecule has 1 atom stereocenters. The van der Waals surface area contributed by atoms with E-state index in [0.29, 0.717) is 0 Å². The minimum Gasteiger partial charge on any atom is -0.496 e. The van der Waals surface area contributed by atoms with E-state index in [0.717, 1.165) is 48.8 Å². The molecule has 2 heterocycles. The predicted octanol–water partition coefficient (Wildman–Crippen LogP) is 3.13. The molecule has 0 unspecified atom stereocenters. The van der Waals surface area contributed by atoms with Crippen LogP contribution in [0.1, 0.15) is 19.8 Å². The standard InChI is InChI=1S/C17H21N3O2/c1-17(10-5-11-22-17)12-18-16-9-8-14(19-20-16)13-6-3-4-7-15(13)21-2/h3-4,6-9H,5,10-12H2,1-2H3,(H,18,20)/t17-/m1/s1. The summed E-state index contributed by atoms with van der Waals surface area (Å²) in [5.74, 6) is 1.56. The molecule has 1 saturated heterocycles. The van der Waals surface area contributed by atoms with Gasteiger partial charge in [0, 0.05) is 18.7 Å². The van der Waals surface area contributed by atoms with E-state index in [1.54, 1.807) is 7.11 Å². The lowest BCUT2D eigenvalue weighted by Gasteiger charge is -2.23. The minimum absolute atomic E-state index is 0.0942. The van der Waals surface area contributed by atoms with Crippen LogP contribution in [0.4, 0.5) is 5.82 Å². The quantitative estimate of drug-likeness (QED) is 0.919. The second-order valence-corrected chi connectivity index (χ2v) is 5.76. The molecular weight excluding hydrogens is 278 g/mol. The number of hydrogen-bond acceptors (Lipinski definition) is 5. The van der Waals surface area contributed by atoms with Crippen molar-refractivity contribution in [3.63, 3.8) is 0 Å². The third kappa shape index (κ3) is 3.20. The number of para-hydroxylation sites is 1. The number of benzene rings is 1. The second-order valence-electron chi connectivity index (χ2n) is 5.76. The second kappa shape index (κ2) is 6.32. The van der Waals surface area contributed by atoms with Crippen molar-refractivity contribution in [3.8, 4) is 17.0 Å². The Labute approximate surface area is 130 Å². The average molecular weight is 299 g/mol. The highest BCUT2D eigenvalue weighted by atomic mass is 16.5. The van der Waals surface area contributed by atoms with Crippen molar-refractivity contribution in [2.24, 2.45) is 0 Å². The maximum Gasteiger partial charge on any atom is 0.148 e. The fourth-order valence-corrected chi connectivity index (χ4v) is 2.68. The maximum absolute atomic E-state index is 5.76. The molecule has 1 aromatic carbocycles. The van der Waals surface area contributed by atoms with E-state index in [4.69, 9.17) is 9.47 Å². The number of anilines is 1. The summed E-state index contributed by atoms with van der Waals surface area (Å²) in [5, 5.41) is 11.8. The number of rotatable bonds is 5. The van der Waals surface area contributed by atoms with Crippen LogP contribution in [0.2, 0.25) is 0 Å². The van der Waals surface area contributed by atoms with E-state index in [1.807, 2.05) is 36.4 Å². The highest BCUT2D eigenvalue weighted by Crippen LogP contribution is 2.28. The SMILES string of the molecule is COc1ccccc1-c1ccc(NC[C@@]2(C)CCCO2)nn1. The number of aromatic nitrogens is 2. The normalized spacial score (nSPS) is 20.8. The zero-order valence-electron chi connectivity index (χ0n) is 13.0. The van der Waals surface area contributed by atoms with Crippen LogP contribution in [0.15, 0.2) is 36.4 Å². The molecule has 1 aliphatic rings. The van der Waals surface area contributed by atoms with Gasteiger partial charge in [-0.1, -0.05) is 12.1 Å². The largest absolute Gasteiger partial charge is 0.496 e. The Morgan fingerprint density at radius 2 is 2.09 bits per heavy atom. The zero-order chi connectivity index (χ0) is 15.4. The van der Waals surface area contributed by atoms with Crippen molar-refractivity contribution < 1.29 is 9.47 Å². The first-order valence-electron chi connectivity index (χ1n) is 7.55. The monoisotopic (exact) mass is 299 g/mol. The van der Waals surface area contributed by atoms with Gasteiger partial charge in [0.15, 0.2) is 0 Å². The molecule has 0 bridgehead atoms. The minimum atomic E-state index is -0.0942. The van der Waals surface area contributed by atoms with Crippen LogP contribution in [0.25, 0.3) is 11.3 Å². The summed E-state index contributed by atoms with van der Waals surface area (Å²) < 4.78 is 11.1. The molecule has 1 fully saturated rings. The van der Waals surface area contributed by atoms with Gasteiger partial charge in [0.25, 0.3) is 0 Å². The number of nitrogens with zero attached hydrogens (tertiary/aromatic N) is 2. The zero-order valence-corrected chi connectivity index (χ0v) is 13.0. The molecule has 22 heavy (non-hydrogen) atoms. The molecule has 0 saturated carbocycles. The Morgan fingerprint density at radius 1 is 1.23 bits per heavy atom. The highest BCUT2D eigenvalue weighted by molar-refractivity contribution is 5.67. The molecule has 2 aromatic rings. The van der Waals surface area contributed by atoms with Gasteiger partial charge in [0.2, 0.25) is 0 Å². The van der Waals surface area contributed by atoms with Gasteiger partial charge in [0.1, 0.15) is 11.6 Å². The van der Waals surface area contributed by atoms with E-state index in [2.05, 4.69) is 22.4 Å². The van der Waals surface area contributed by atoms with Crippen LogP contribution >= 0.6 is 0 Å². The van der Waals surface area contributed by atoms with Crippen molar-refractivity contribution in [2.75, 3.05) is 25.6 Å². The molecule has 0 radical (unpaired) electrons. The molecular formula is C17H21N3O2. The lowest BCUT2D eigenvalue weighted by atomic mass is 10.0. The summed E-state index contributed by atoms with van der Waals surface area (Å²) in [5.41, 5.74) is 1.64. The van der Waals surface area contributed by atoms with E-state index in [9.17, 15) is 0 Å². The lowest BCUT2D eigenvalue weighted by Crippen LogP contribution is -2.32. The van der Waals surface area contributed by atoms with Gasteiger partial charge < -0.3 is 14.8 Å². The van der Waals surface area contributed by atoms with Gasteiger partial charge in [-0.2, -0.15) is 0 Å². The van der Waals surface area contributed by atoms with Crippen LogP contribution in [0.5, 0.6) is 5.75 Å². The van der Waals surface area contributed by atoms with Crippen LogP contribution in [-0.4, -0.2) is 36.1 Å². The number of hydrogen-bond donors (Lipinski definition) is 1. The van der Waals surface area contributed by atoms with Crippen molar-refractivity contribution in [1.29, 1.82) is 0 Å². The summed E-state index contributed by atoms with van der Waals surface area (Å²) in [6.07, 6.45) is 2.20. The van der Waals surface area contributed by atoms with Crippen LogP contribution in [-0.2, 0) is 4.74 Å². The van der Waals surface area contributed by atoms with Crippen molar-refractivity contribution in [3.05, 3.63) is 36.4 Å². The Bertz CT molecular complexity index is 622. The topological polar surface area (TPSA) is 56.3 Å². The first kappa shape index (κ1) is 14.8. The van der Waals surface area contributed by atoms with Crippen molar-refractivity contribution >= 4 is 5.82 Å². The van der Waals surface area contributed by atoms with Gasteiger partial charge in [-0.3, -0.25) is 0 Å². The Kier molecular flexibility index (Phi) is 4.24. The molecule has 0 aliphatic carbocycles. The van der Waals surface area contributed by atoms with E-state index in [1.165, 1.54) is 0 Å². The van der Waals surface area contributed by atoms with Gasteiger partial charge in [0.05, 0.1) is 18.4 Å². The molecule has 1 N–H and O–H groups in total. The molecule has 5 heteroatoms. The van der Waals surface area contributed by atoms with Crippen LogP contribution in [0.3, 0.4) is 0 Å². The van der Waals surface area contributed by atoms with Gasteiger partial charge in [-0.25, -0.2) is 0 Å². The molecule has 1 aromatic heterocycles. The molecule has 0 amide bonds. The summed E-state index contributed by atoms with van der Waals surface area (Å²) in [6.45, 7) is 3.72. The van der Waals surface area contributed by atoms with E-state index in [-0.39, 0.29) is 5.60 Å². The summed E-state index contributed by atoms with van der Waals surface area (Å²) in [6, 6.07) is 11.7. The predicted molar refractivity (Wildman–Crippen MR) is 86.1 cm³/mol. The summed E-state index contributed by atoms with van der Waals surface area (Å²) in [4.78, 5) is 0. The fraction of sp³-hybridized carbons (Fsp3) is 0.412. The highest BCUT2D eigenvalue weighted by Gasteiger charge is 2.29. The summed E-state index contributed by atoms with van der Waals surface area (Å²) in [7, 11) is 1.66. The average Bonchev–Trinajstić information content (AvgIpc) is 3.00. The van der Waals surface area contributed by atoms with Crippen LogP contribution < -0.4 is 10.1 Å². The Morgan fingerprint density at radius 3 is 2.77 bits per heavy atom. The number of methoxy groups -OCH3 is 1. The first-order valence-corrected chi connectivity index (χ1v) is 7.55. The first-order chi connectivity index (χ1) is 10.7. The van der Waals surface area contributed by atoms with Gasteiger partial charge >= 0.3 is 0 Å². The molecule has 3 rings (SSSR count). The maximum atomic E-state index is 5.76. The fourth-order valence-electron chi connectivity index (χ4n) is 2.68. The molecule has 1 aliphatic heterocycles. The van der Waals surface area contributed by atoms with Gasteiger partial charge in [-0.05, 0) is 44.0 Å². The lowest BCUT2D eigenvalue weighted by molar-refractivity contribution is 0.0314. The Hall–Kier alpha value is -2.14. The van der Waals surface area contributed by atoms with Crippen molar-refractivity contribution in [2.45, 2.75) is 25.4 Å².